The highest BCUT2D eigenvalue weighted by Gasteiger charge is 2.11. The summed E-state index contributed by atoms with van der Waals surface area (Å²) in [5.74, 6) is 2.55. The number of thiazole rings is 1. The number of nitrogens with one attached hydrogen (secondary N) is 2. The maximum atomic E-state index is 5.14. The summed E-state index contributed by atoms with van der Waals surface area (Å²) in [5, 5.41) is 7.73. The monoisotopic (exact) mass is 237 g/mol. The van der Waals surface area contributed by atoms with Crippen LogP contribution in [0, 0.1) is 26.2 Å². The largest absolute Gasteiger partial charge is 0.308 e. The van der Waals surface area contributed by atoms with E-state index in [1.165, 1.54) is 4.88 Å². The Morgan fingerprint density at radius 3 is 2.75 bits per heavy atom. The first-order valence-corrected chi connectivity index (χ1v) is 6.28. The van der Waals surface area contributed by atoms with Gasteiger partial charge in [-0.2, -0.15) is 0 Å². The third kappa shape index (κ3) is 3.93. The van der Waals surface area contributed by atoms with Crippen LogP contribution >= 0.6 is 11.3 Å². The second-order valence-electron chi connectivity index (χ2n) is 3.74. The fraction of sp³-hybridized carbons (Fsp3) is 0.583. The third-order valence-electron chi connectivity index (χ3n) is 2.31. The van der Waals surface area contributed by atoms with E-state index >= 15 is 0 Å². The molecule has 1 aromatic rings. The zero-order valence-corrected chi connectivity index (χ0v) is 10.9. The molecule has 1 rings (SSSR count). The lowest BCUT2D eigenvalue weighted by Crippen LogP contribution is -2.29. The molecule has 4 heteroatoms. The molecule has 0 aliphatic carbocycles. The first-order chi connectivity index (χ1) is 7.65. The maximum absolute atomic E-state index is 5.14. The van der Waals surface area contributed by atoms with E-state index in [0.717, 1.165) is 23.8 Å². The van der Waals surface area contributed by atoms with E-state index in [2.05, 4.69) is 35.4 Å². The van der Waals surface area contributed by atoms with Crippen LogP contribution in [0.5, 0.6) is 0 Å². The van der Waals surface area contributed by atoms with E-state index in [9.17, 15) is 0 Å². The smallest absolute Gasteiger partial charge is 0.0900 e. The fourth-order valence-corrected chi connectivity index (χ4v) is 2.53. The van der Waals surface area contributed by atoms with E-state index in [4.69, 9.17) is 6.42 Å². The van der Waals surface area contributed by atoms with Crippen LogP contribution in [0.15, 0.2) is 0 Å². The maximum Gasteiger partial charge on any atom is 0.0900 e. The number of hydrogen-bond donors (Lipinski definition) is 2. The molecule has 0 radical (unpaired) electrons. The SMILES string of the molecule is C#CCNCCNC(C)c1sc(C)nc1C. The Hall–Kier alpha value is -0.890. The number of terminal acetylenes is 1. The van der Waals surface area contributed by atoms with Crippen molar-refractivity contribution in [3.63, 3.8) is 0 Å². The molecule has 0 aromatic carbocycles. The summed E-state index contributed by atoms with van der Waals surface area (Å²) >= 11 is 1.76. The fourth-order valence-electron chi connectivity index (χ4n) is 1.58. The van der Waals surface area contributed by atoms with Gasteiger partial charge in [0.15, 0.2) is 0 Å². The van der Waals surface area contributed by atoms with Crippen LogP contribution in [0.2, 0.25) is 0 Å². The Morgan fingerprint density at radius 2 is 2.19 bits per heavy atom. The minimum atomic E-state index is 0.360. The number of hydrogen-bond acceptors (Lipinski definition) is 4. The Labute approximate surface area is 102 Å². The highest BCUT2D eigenvalue weighted by atomic mass is 32.1. The van der Waals surface area contributed by atoms with Crippen molar-refractivity contribution in [2.75, 3.05) is 19.6 Å². The Bertz CT molecular complexity index is 365. The van der Waals surface area contributed by atoms with Crippen molar-refractivity contribution in [3.8, 4) is 12.3 Å². The van der Waals surface area contributed by atoms with E-state index < -0.39 is 0 Å². The van der Waals surface area contributed by atoms with E-state index in [0.29, 0.717) is 12.6 Å². The molecule has 0 amide bonds. The second-order valence-corrected chi connectivity index (χ2v) is 4.97. The van der Waals surface area contributed by atoms with Gasteiger partial charge < -0.3 is 10.6 Å². The number of aromatic nitrogens is 1. The minimum Gasteiger partial charge on any atom is -0.308 e. The molecule has 1 unspecified atom stereocenters. The number of nitrogens with zero attached hydrogens (tertiary/aromatic N) is 1. The lowest BCUT2D eigenvalue weighted by atomic mass is 10.2. The summed E-state index contributed by atoms with van der Waals surface area (Å²) in [6.45, 7) is 8.72. The molecule has 0 saturated heterocycles. The highest BCUT2D eigenvalue weighted by molar-refractivity contribution is 7.11. The molecule has 0 fully saturated rings. The van der Waals surface area contributed by atoms with Gasteiger partial charge in [0, 0.05) is 24.0 Å². The topological polar surface area (TPSA) is 37.0 Å². The Morgan fingerprint density at radius 1 is 1.44 bits per heavy atom. The van der Waals surface area contributed by atoms with Crippen molar-refractivity contribution in [1.29, 1.82) is 0 Å². The van der Waals surface area contributed by atoms with Gasteiger partial charge in [-0.15, -0.1) is 17.8 Å². The van der Waals surface area contributed by atoms with E-state index in [1.807, 2.05) is 6.92 Å². The normalized spacial score (nSPS) is 12.4. The van der Waals surface area contributed by atoms with Crippen molar-refractivity contribution in [3.05, 3.63) is 15.6 Å². The first kappa shape index (κ1) is 13.2. The molecule has 2 N–H and O–H groups in total. The van der Waals surface area contributed by atoms with Crippen molar-refractivity contribution < 1.29 is 0 Å². The predicted octanol–water partition coefficient (Wildman–Crippen LogP) is 1.63. The molecule has 16 heavy (non-hydrogen) atoms. The van der Waals surface area contributed by atoms with Crippen LogP contribution in [0.25, 0.3) is 0 Å². The van der Waals surface area contributed by atoms with Gasteiger partial charge in [0.1, 0.15) is 0 Å². The van der Waals surface area contributed by atoms with Crippen molar-refractivity contribution in [2.45, 2.75) is 26.8 Å². The molecule has 0 spiro atoms. The molecule has 1 heterocycles. The summed E-state index contributed by atoms with van der Waals surface area (Å²) in [6, 6.07) is 0.360. The number of rotatable bonds is 6. The molecular formula is C12H19N3S. The van der Waals surface area contributed by atoms with Gasteiger partial charge in [-0.1, -0.05) is 5.92 Å². The van der Waals surface area contributed by atoms with Gasteiger partial charge in [-0.25, -0.2) is 4.98 Å². The summed E-state index contributed by atoms with van der Waals surface area (Å²) in [7, 11) is 0. The summed E-state index contributed by atoms with van der Waals surface area (Å²) in [5.41, 5.74) is 1.14. The van der Waals surface area contributed by atoms with Crippen LogP contribution in [0.1, 0.15) is 28.5 Å². The third-order valence-corrected chi connectivity index (χ3v) is 3.57. The quantitative estimate of drug-likeness (QED) is 0.583. The molecule has 1 aromatic heterocycles. The zero-order chi connectivity index (χ0) is 12.0. The van der Waals surface area contributed by atoms with Crippen LogP contribution in [0.3, 0.4) is 0 Å². The minimum absolute atomic E-state index is 0.360. The van der Waals surface area contributed by atoms with Crippen molar-refractivity contribution in [2.24, 2.45) is 0 Å². The van der Waals surface area contributed by atoms with Gasteiger partial charge in [-0.3, -0.25) is 0 Å². The van der Waals surface area contributed by atoms with Gasteiger partial charge in [0.2, 0.25) is 0 Å². The molecule has 3 nitrogen and oxygen atoms in total. The van der Waals surface area contributed by atoms with Crippen LogP contribution < -0.4 is 10.6 Å². The van der Waals surface area contributed by atoms with Gasteiger partial charge in [0.05, 0.1) is 17.2 Å². The van der Waals surface area contributed by atoms with E-state index in [1.54, 1.807) is 11.3 Å². The summed E-state index contributed by atoms with van der Waals surface area (Å²) in [4.78, 5) is 5.75. The van der Waals surface area contributed by atoms with Crippen molar-refractivity contribution in [1.82, 2.24) is 15.6 Å². The molecule has 1 atom stereocenters. The lowest BCUT2D eigenvalue weighted by Gasteiger charge is -2.12. The average molecular weight is 237 g/mol. The lowest BCUT2D eigenvalue weighted by molar-refractivity contribution is 0.561. The number of aryl methyl sites for hydroxylation is 2. The Kier molecular flexibility index (Phi) is 5.47. The summed E-state index contributed by atoms with van der Waals surface area (Å²) in [6.07, 6.45) is 5.14. The second kappa shape index (κ2) is 6.64. The standard InChI is InChI=1S/C12H19N3S/c1-5-6-13-7-8-14-9(2)12-10(3)15-11(4)16-12/h1,9,13-14H,6-8H2,2-4H3. The van der Waals surface area contributed by atoms with Crippen LogP contribution in [-0.4, -0.2) is 24.6 Å². The van der Waals surface area contributed by atoms with Crippen LogP contribution in [0.4, 0.5) is 0 Å². The highest BCUT2D eigenvalue weighted by Crippen LogP contribution is 2.23. The van der Waals surface area contributed by atoms with E-state index in [-0.39, 0.29) is 0 Å². The molecule has 88 valence electrons. The summed E-state index contributed by atoms with van der Waals surface area (Å²) < 4.78 is 0. The molecule has 0 bridgehead atoms. The van der Waals surface area contributed by atoms with Gasteiger partial charge in [0.25, 0.3) is 0 Å². The predicted molar refractivity (Wildman–Crippen MR) is 69.7 cm³/mol. The zero-order valence-electron chi connectivity index (χ0n) is 10.1. The van der Waals surface area contributed by atoms with Gasteiger partial charge in [-0.05, 0) is 20.8 Å². The van der Waals surface area contributed by atoms with Crippen molar-refractivity contribution >= 4 is 11.3 Å². The average Bonchev–Trinajstić information content (AvgIpc) is 2.57. The first-order valence-electron chi connectivity index (χ1n) is 5.46. The van der Waals surface area contributed by atoms with Crippen LogP contribution in [-0.2, 0) is 0 Å². The molecule has 0 saturated carbocycles. The Balaban J connectivity index is 2.33. The van der Waals surface area contributed by atoms with Gasteiger partial charge >= 0.3 is 0 Å². The molecule has 0 aliphatic rings. The molecular weight excluding hydrogens is 218 g/mol. The molecule has 0 aliphatic heterocycles.